The lowest BCUT2D eigenvalue weighted by Gasteiger charge is -2.24. The summed E-state index contributed by atoms with van der Waals surface area (Å²) >= 11 is 0. The summed E-state index contributed by atoms with van der Waals surface area (Å²) < 4.78 is 0. The molecule has 3 nitrogen and oxygen atoms in total. The molecule has 1 rings (SSSR count). The van der Waals surface area contributed by atoms with E-state index in [1.54, 1.807) is 0 Å². The first-order chi connectivity index (χ1) is 8.98. The van der Waals surface area contributed by atoms with Crippen molar-refractivity contribution in [3.63, 3.8) is 0 Å². The number of carbonyl (C=O) groups is 1. The Morgan fingerprint density at radius 1 is 1.32 bits per heavy atom. The highest BCUT2D eigenvalue weighted by Gasteiger charge is 2.29. The minimum Gasteiger partial charge on any atom is -0.399 e. The van der Waals surface area contributed by atoms with Crippen LogP contribution in [0.15, 0.2) is 24.3 Å². The third-order valence-electron chi connectivity index (χ3n) is 3.23. The number of terminal acetylenes is 1. The Labute approximate surface area is 115 Å². The molecule has 0 spiro atoms. The summed E-state index contributed by atoms with van der Waals surface area (Å²) in [6.07, 6.45) is 7.80. The van der Waals surface area contributed by atoms with Gasteiger partial charge in [-0.2, -0.15) is 0 Å². The van der Waals surface area contributed by atoms with Crippen molar-refractivity contribution in [2.45, 2.75) is 38.5 Å². The lowest BCUT2D eigenvalue weighted by molar-refractivity contribution is -0.125. The number of carbonyl (C=O) groups excluding carboxylic acids is 1. The number of nitrogens with one attached hydrogen (secondary N) is 1. The monoisotopic (exact) mass is 258 g/mol. The molecule has 1 aromatic carbocycles. The third-order valence-corrected chi connectivity index (χ3v) is 3.23. The van der Waals surface area contributed by atoms with E-state index < -0.39 is 5.41 Å². The molecular formula is C16H22N2O. The molecule has 0 radical (unpaired) electrons. The number of nitrogen functional groups attached to an aromatic ring is 1. The standard InChI is InChI=1S/C16H22N2O/c1-4-5-6-7-12-18-15(19)16(2,3)13-8-10-14(17)11-9-13/h1,8-11H,5-7,12,17H2,2-3H3,(H,18,19). The zero-order chi connectivity index (χ0) is 14.3. The van der Waals surface area contributed by atoms with Gasteiger partial charge in [-0.15, -0.1) is 12.3 Å². The van der Waals surface area contributed by atoms with Crippen LogP contribution < -0.4 is 11.1 Å². The average Bonchev–Trinajstić information content (AvgIpc) is 2.38. The van der Waals surface area contributed by atoms with Gasteiger partial charge >= 0.3 is 0 Å². The van der Waals surface area contributed by atoms with E-state index in [4.69, 9.17) is 12.2 Å². The van der Waals surface area contributed by atoms with Gasteiger partial charge in [-0.1, -0.05) is 12.1 Å². The third kappa shape index (κ3) is 4.33. The maximum atomic E-state index is 12.2. The van der Waals surface area contributed by atoms with Crippen molar-refractivity contribution < 1.29 is 4.79 Å². The second kappa shape index (κ2) is 6.84. The smallest absolute Gasteiger partial charge is 0.230 e. The predicted octanol–water partition coefficient (Wildman–Crippen LogP) is 2.47. The molecule has 0 aliphatic carbocycles. The Hall–Kier alpha value is -1.95. The van der Waals surface area contributed by atoms with Gasteiger partial charge < -0.3 is 11.1 Å². The normalized spacial score (nSPS) is 10.8. The van der Waals surface area contributed by atoms with Crippen LogP contribution in [0.25, 0.3) is 0 Å². The van der Waals surface area contributed by atoms with Gasteiger partial charge in [0.05, 0.1) is 5.41 Å². The molecule has 0 aliphatic heterocycles. The predicted molar refractivity (Wildman–Crippen MR) is 79.6 cm³/mol. The lowest BCUT2D eigenvalue weighted by atomic mass is 9.83. The molecule has 0 unspecified atom stereocenters. The van der Waals surface area contributed by atoms with Crippen LogP contribution in [-0.2, 0) is 10.2 Å². The molecule has 3 N–H and O–H groups in total. The fraction of sp³-hybridized carbons (Fsp3) is 0.438. The first-order valence-electron chi connectivity index (χ1n) is 6.56. The van der Waals surface area contributed by atoms with Gasteiger partial charge in [0.15, 0.2) is 0 Å². The van der Waals surface area contributed by atoms with E-state index in [1.807, 2.05) is 38.1 Å². The van der Waals surface area contributed by atoms with Crippen molar-refractivity contribution in [1.82, 2.24) is 5.32 Å². The van der Waals surface area contributed by atoms with Gasteiger partial charge in [-0.3, -0.25) is 4.79 Å². The van der Waals surface area contributed by atoms with Crippen molar-refractivity contribution in [1.29, 1.82) is 0 Å². The highest BCUT2D eigenvalue weighted by Crippen LogP contribution is 2.24. The number of amides is 1. The number of hydrogen-bond acceptors (Lipinski definition) is 2. The quantitative estimate of drug-likeness (QED) is 0.468. The summed E-state index contributed by atoms with van der Waals surface area (Å²) in [6, 6.07) is 7.43. The number of unbranched alkanes of at least 4 members (excludes halogenated alkanes) is 2. The largest absolute Gasteiger partial charge is 0.399 e. The molecule has 19 heavy (non-hydrogen) atoms. The van der Waals surface area contributed by atoms with Gasteiger partial charge in [0.1, 0.15) is 0 Å². The molecule has 0 saturated carbocycles. The lowest BCUT2D eigenvalue weighted by Crippen LogP contribution is -2.40. The van der Waals surface area contributed by atoms with Crippen LogP contribution in [0.2, 0.25) is 0 Å². The maximum Gasteiger partial charge on any atom is 0.230 e. The Morgan fingerprint density at radius 2 is 1.95 bits per heavy atom. The molecule has 0 atom stereocenters. The molecule has 3 heteroatoms. The number of hydrogen-bond donors (Lipinski definition) is 2. The van der Waals surface area contributed by atoms with Crippen LogP contribution in [0.4, 0.5) is 5.69 Å². The van der Waals surface area contributed by atoms with Crippen molar-refractivity contribution in [3.05, 3.63) is 29.8 Å². The Kier molecular flexibility index (Phi) is 5.44. The van der Waals surface area contributed by atoms with Gasteiger partial charge in [0.25, 0.3) is 0 Å². The first kappa shape index (κ1) is 15.1. The molecule has 1 amide bonds. The van der Waals surface area contributed by atoms with Crippen molar-refractivity contribution in [2.75, 3.05) is 12.3 Å². The molecule has 0 aliphatic rings. The number of rotatable bonds is 6. The van der Waals surface area contributed by atoms with Crippen LogP contribution in [-0.4, -0.2) is 12.5 Å². The van der Waals surface area contributed by atoms with E-state index in [0.29, 0.717) is 12.2 Å². The number of benzene rings is 1. The maximum absolute atomic E-state index is 12.2. The molecular weight excluding hydrogens is 236 g/mol. The minimum atomic E-state index is -0.556. The molecule has 0 saturated heterocycles. The van der Waals surface area contributed by atoms with Gasteiger partial charge in [0, 0.05) is 18.7 Å². The molecule has 0 fully saturated rings. The Bertz CT molecular complexity index is 455. The van der Waals surface area contributed by atoms with E-state index in [1.165, 1.54) is 0 Å². The van der Waals surface area contributed by atoms with E-state index in [2.05, 4.69) is 11.2 Å². The zero-order valence-corrected chi connectivity index (χ0v) is 11.7. The second-order valence-electron chi connectivity index (χ2n) is 5.16. The Balaban J connectivity index is 2.54. The summed E-state index contributed by atoms with van der Waals surface area (Å²) in [6.45, 7) is 4.49. The minimum absolute atomic E-state index is 0.0259. The molecule has 102 valence electrons. The highest BCUT2D eigenvalue weighted by atomic mass is 16.2. The van der Waals surface area contributed by atoms with Crippen molar-refractivity contribution in [3.8, 4) is 12.3 Å². The van der Waals surface area contributed by atoms with Crippen LogP contribution in [0.3, 0.4) is 0 Å². The molecule has 0 aromatic heterocycles. The van der Waals surface area contributed by atoms with Gasteiger partial charge in [-0.05, 0) is 44.4 Å². The van der Waals surface area contributed by atoms with E-state index in [0.717, 1.165) is 24.8 Å². The number of anilines is 1. The summed E-state index contributed by atoms with van der Waals surface area (Å²) in [5.41, 5.74) is 6.76. The average molecular weight is 258 g/mol. The highest BCUT2D eigenvalue weighted by molar-refractivity contribution is 5.87. The van der Waals surface area contributed by atoms with Gasteiger partial charge in [-0.25, -0.2) is 0 Å². The topological polar surface area (TPSA) is 55.1 Å². The fourth-order valence-corrected chi connectivity index (χ4v) is 1.81. The second-order valence-corrected chi connectivity index (χ2v) is 5.16. The van der Waals surface area contributed by atoms with Crippen LogP contribution >= 0.6 is 0 Å². The van der Waals surface area contributed by atoms with E-state index >= 15 is 0 Å². The first-order valence-corrected chi connectivity index (χ1v) is 6.56. The zero-order valence-electron chi connectivity index (χ0n) is 11.7. The van der Waals surface area contributed by atoms with Crippen LogP contribution in [0.1, 0.15) is 38.7 Å². The van der Waals surface area contributed by atoms with Crippen molar-refractivity contribution >= 4 is 11.6 Å². The number of nitrogens with two attached hydrogens (primary N) is 1. The Morgan fingerprint density at radius 3 is 2.53 bits per heavy atom. The molecule has 1 aromatic rings. The summed E-state index contributed by atoms with van der Waals surface area (Å²) in [4.78, 5) is 12.2. The summed E-state index contributed by atoms with van der Waals surface area (Å²) in [5, 5.41) is 2.96. The van der Waals surface area contributed by atoms with Crippen molar-refractivity contribution in [2.24, 2.45) is 0 Å². The van der Waals surface area contributed by atoms with Gasteiger partial charge in [0.2, 0.25) is 5.91 Å². The van der Waals surface area contributed by atoms with Crippen LogP contribution in [0.5, 0.6) is 0 Å². The summed E-state index contributed by atoms with van der Waals surface area (Å²) in [7, 11) is 0. The van der Waals surface area contributed by atoms with Crippen LogP contribution in [0, 0.1) is 12.3 Å². The molecule has 0 heterocycles. The SMILES string of the molecule is C#CCCCCNC(=O)C(C)(C)c1ccc(N)cc1. The molecule has 0 bridgehead atoms. The van der Waals surface area contributed by atoms with E-state index in [-0.39, 0.29) is 5.91 Å². The fourth-order valence-electron chi connectivity index (χ4n) is 1.81. The summed E-state index contributed by atoms with van der Waals surface area (Å²) in [5.74, 6) is 2.62. The van der Waals surface area contributed by atoms with E-state index in [9.17, 15) is 4.79 Å².